The molecule has 2 aromatic heterocycles. The lowest BCUT2D eigenvalue weighted by Crippen LogP contribution is -2.24. The maximum Gasteiger partial charge on any atom is 0.338 e. The molecule has 2 N–H and O–H groups in total. The Balaban J connectivity index is 2.23. The Morgan fingerprint density at radius 1 is 1.43 bits per heavy atom. The van der Waals surface area contributed by atoms with Crippen molar-refractivity contribution in [1.82, 2.24) is 14.5 Å². The average Bonchev–Trinajstić information content (AvgIpc) is 3.01. The monoisotopic (exact) mass is 341 g/mol. The van der Waals surface area contributed by atoms with Gasteiger partial charge in [-0.1, -0.05) is 0 Å². The second-order valence-electron chi connectivity index (χ2n) is 5.47. The smallest absolute Gasteiger partial charge is 0.338 e. The fraction of sp³-hybridized carbons (Fsp3) is 0.429. The Morgan fingerprint density at radius 3 is 2.57 bits per heavy atom. The van der Waals surface area contributed by atoms with E-state index in [0.29, 0.717) is 11.4 Å². The zero-order chi connectivity index (χ0) is 17.4. The predicted octanol–water partition coefficient (Wildman–Crippen LogP) is 1.85. The normalized spacial score (nSPS) is 12.0. The number of hydrogen-bond donors (Lipinski definition) is 2. The first-order valence-corrected chi connectivity index (χ1v) is 8.48. The number of carboxylic acid groups (broad SMARTS) is 1. The molecule has 0 unspecified atom stereocenters. The van der Waals surface area contributed by atoms with Gasteiger partial charge in [0, 0.05) is 6.04 Å². The number of hydrogen-bond acceptors (Lipinski definition) is 5. The van der Waals surface area contributed by atoms with Crippen molar-refractivity contribution in [3.05, 3.63) is 35.0 Å². The maximum atomic E-state index is 12.5. The summed E-state index contributed by atoms with van der Waals surface area (Å²) in [6.07, 6.45) is 1.07. The van der Waals surface area contributed by atoms with Gasteiger partial charge in [-0.2, -0.15) is 5.10 Å². The third-order valence-corrected chi connectivity index (χ3v) is 5.01. The van der Waals surface area contributed by atoms with Gasteiger partial charge >= 0.3 is 5.97 Å². The number of carboxylic acids is 1. The van der Waals surface area contributed by atoms with Gasteiger partial charge in [-0.05, 0) is 33.8 Å². The van der Waals surface area contributed by atoms with Crippen LogP contribution in [0.3, 0.4) is 0 Å². The number of sulfonamides is 1. The highest BCUT2D eigenvalue weighted by Crippen LogP contribution is 2.22. The molecule has 0 atom stereocenters. The van der Waals surface area contributed by atoms with Gasteiger partial charge in [0.2, 0.25) is 10.0 Å². The third-order valence-electron chi connectivity index (χ3n) is 3.35. The molecule has 126 valence electrons. The van der Waals surface area contributed by atoms with Crippen molar-refractivity contribution < 1.29 is 22.7 Å². The minimum atomic E-state index is -3.78. The Labute approximate surface area is 134 Å². The number of nitrogens with zero attached hydrogens (tertiary/aromatic N) is 2. The van der Waals surface area contributed by atoms with Crippen LogP contribution in [-0.2, 0) is 16.6 Å². The Hall–Kier alpha value is -2.13. The molecule has 0 saturated carbocycles. The minimum absolute atomic E-state index is 0.0285. The third kappa shape index (κ3) is 3.45. The van der Waals surface area contributed by atoms with E-state index in [9.17, 15) is 13.2 Å². The van der Waals surface area contributed by atoms with E-state index in [4.69, 9.17) is 9.52 Å². The zero-order valence-corrected chi connectivity index (χ0v) is 14.1. The highest BCUT2D eigenvalue weighted by Gasteiger charge is 2.25. The van der Waals surface area contributed by atoms with E-state index in [1.54, 1.807) is 18.5 Å². The molecule has 2 aromatic rings. The van der Waals surface area contributed by atoms with Crippen LogP contribution in [0.5, 0.6) is 0 Å². The lowest BCUT2D eigenvalue weighted by Gasteiger charge is -2.09. The van der Waals surface area contributed by atoms with Crippen molar-refractivity contribution >= 4 is 16.0 Å². The number of furan rings is 1. The molecule has 23 heavy (non-hydrogen) atoms. The lowest BCUT2D eigenvalue weighted by molar-refractivity contribution is 0.0696. The summed E-state index contributed by atoms with van der Waals surface area (Å²) in [5.41, 5.74) is 0.934. The summed E-state index contributed by atoms with van der Waals surface area (Å²) in [7, 11) is -3.78. The molecule has 0 fully saturated rings. The SMILES string of the molecule is Cc1nn(C(C)C)c(C)c1S(=O)(=O)NCc1cc(C(=O)O)co1. The van der Waals surface area contributed by atoms with E-state index >= 15 is 0 Å². The van der Waals surface area contributed by atoms with Crippen molar-refractivity contribution in [2.24, 2.45) is 0 Å². The Morgan fingerprint density at radius 2 is 2.09 bits per heavy atom. The maximum absolute atomic E-state index is 12.5. The van der Waals surface area contributed by atoms with Crippen LogP contribution in [-0.4, -0.2) is 29.3 Å². The molecule has 0 saturated heterocycles. The van der Waals surface area contributed by atoms with Gasteiger partial charge in [-0.3, -0.25) is 4.68 Å². The number of carbonyl (C=O) groups is 1. The summed E-state index contributed by atoms with van der Waals surface area (Å²) < 4.78 is 34.1. The molecule has 0 spiro atoms. The molecule has 0 radical (unpaired) electrons. The first-order valence-electron chi connectivity index (χ1n) is 6.99. The van der Waals surface area contributed by atoms with Crippen LogP contribution < -0.4 is 4.72 Å². The molecular formula is C14H19N3O5S. The molecule has 0 amide bonds. The van der Waals surface area contributed by atoms with Crippen LogP contribution in [0, 0.1) is 13.8 Å². The molecule has 9 heteroatoms. The van der Waals surface area contributed by atoms with Crippen molar-refractivity contribution in [1.29, 1.82) is 0 Å². The van der Waals surface area contributed by atoms with Crippen molar-refractivity contribution in [3.63, 3.8) is 0 Å². The zero-order valence-electron chi connectivity index (χ0n) is 13.3. The minimum Gasteiger partial charge on any atom is -0.478 e. The first-order chi connectivity index (χ1) is 10.6. The highest BCUT2D eigenvalue weighted by molar-refractivity contribution is 7.89. The van der Waals surface area contributed by atoms with Gasteiger partial charge in [0.05, 0.1) is 23.5 Å². The second kappa shape index (κ2) is 6.17. The van der Waals surface area contributed by atoms with Gasteiger partial charge in [-0.15, -0.1) is 0 Å². The van der Waals surface area contributed by atoms with E-state index < -0.39 is 16.0 Å². The Kier molecular flexibility index (Phi) is 4.62. The van der Waals surface area contributed by atoms with E-state index in [-0.39, 0.29) is 28.8 Å². The van der Waals surface area contributed by atoms with Gasteiger partial charge in [-0.25, -0.2) is 17.9 Å². The topological polar surface area (TPSA) is 114 Å². The van der Waals surface area contributed by atoms with Gasteiger partial charge in [0.1, 0.15) is 16.9 Å². The van der Waals surface area contributed by atoms with Crippen molar-refractivity contribution in [3.8, 4) is 0 Å². The van der Waals surface area contributed by atoms with Crippen LogP contribution in [0.25, 0.3) is 0 Å². The Bertz CT molecular complexity index is 833. The predicted molar refractivity (Wildman–Crippen MR) is 81.8 cm³/mol. The summed E-state index contributed by atoms with van der Waals surface area (Å²) in [4.78, 5) is 10.9. The van der Waals surface area contributed by atoms with Crippen LogP contribution >= 0.6 is 0 Å². The van der Waals surface area contributed by atoms with Crippen LogP contribution in [0.2, 0.25) is 0 Å². The fourth-order valence-corrected chi connectivity index (χ4v) is 3.75. The molecule has 0 aliphatic heterocycles. The molecule has 0 aliphatic rings. The standard InChI is InChI=1S/C14H19N3O5S/c1-8(2)17-10(4)13(9(3)16-17)23(20,21)15-6-12-5-11(7-22-12)14(18)19/h5,7-8,15H,6H2,1-4H3,(H,18,19). The summed E-state index contributed by atoms with van der Waals surface area (Å²) in [5.74, 6) is -0.912. The number of aromatic nitrogens is 2. The van der Waals surface area contributed by atoms with Crippen molar-refractivity contribution in [2.75, 3.05) is 0 Å². The summed E-state index contributed by atoms with van der Waals surface area (Å²) in [6, 6.07) is 1.32. The van der Waals surface area contributed by atoms with E-state index in [0.717, 1.165) is 6.26 Å². The van der Waals surface area contributed by atoms with Crippen molar-refractivity contribution in [2.45, 2.75) is 45.2 Å². The molecule has 2 heterocycles. The number of rotatable bonds is 6. The quantitative estimate of drug-likeness (QED) is 0.828. The molecule has 0 bridgehead atoms. The van der Waals surface area contributed by atoms with E-state index in [1.165, 1.54) is 6.07 Å². The van der Waals surface area contributed by atoms with Crippen LogP contribution in [0.15, 0.2) is 21.6 Å². The summed E-state index contributed by atoms with van der Waals surface area (Å²) >= 11 is 0. The van der Waals surface area contributed by atoms with Gasteiger partial charge in [0.25, 0.3) is 0 Å². The largest absolute Gasteiger partial charge is 0.478 e. The summed E-state index contributed by atoms with van der Waals surface area (Å²) in [6.45, 7) is 7.03. The van der Waals surface area contributed by atoms with Crippen LogP contribution in [0.4, 0.5) is 0 Å². The van der Waals surface area contributed by atoms with Crippen LogP contribution in [0.1, 0.15) is 47.4 Å². The second-order valence-corrected chi connectivity index (χ2v) is 7.17. The first kappa shape index (κ1) is 17.2. The highest BCUT2D eigenvalue weighted by atomic mass is 32.2. The molecular weight excluding hydrogens is 322 g/mol. The molecule has 0 aliphatic carbocycles. The molecule has 2 rings (SSSR count). The van der Waals surface area contributed by atoms with E-state index in [1.807, 2.05) is 13.8 Å². The molecule has 8 nitrogen and oxygen atoms in total. The summed E-state index contributed by atoms with van der Waals surface area (Å²) in [5, 5.41) is 13.1. The fourth-order valence-electron chi connectivity index (χ4n) is 2.36. The number of nitrogens with one attached hydrogen (secondary N) is 1. The number of aromatic carboxylic acids is 1. The average molecular weight is 341 g/mol. The van der Waals surface area contributed by atoms with Gasteiger partial charge in [0.15, 0.2) is 0 Å². The number of aryl methyl sites for hydroxylation is 1. The van der Waals surface area contributed by atoms with E-state index in [2.05, 4.69) is 9.82 Å². The lowest BCUT2D eigenvalue weighted by atomic mass is 10.3. The molecule has 0 aromatic carbocycles. The van der Waals surface area contributed by atoms with Gasteiger partial charge < -0.3 is 9.52 Å².